The van der Waals surface area contributed by atoms with Gasteiger partial charge in [-0.05, 0) is 50.9 Å². The first-order chi connectivity index (χ1) is 13.1. The summed E-state index contributed by atoms with van der Waals surface area (Å²) in [6.07, 6.45) is 9.88. The molecule has 0 atom stereocenters. The average Bonchev–Trinajstić information content (AvgIpc) is 2.72. The van der Waals surface area contributed by atoms with Crippen molar-refractivity contribution in [3.8, 4) is 0 Å². The first-order valence-electron chi connectivity index (χ1n) is 10.2. The zero-order chi connectivity index (χ0) is 19.1. The number of benzene rings is 1. The largest absolute Gasteiger partial charge is 0.353 e. The van der Waals surface area contributed by atoms with Crippen molar-refractivity contribution >= 4 is 23.4 Å². The van der Waals surface area contributed by atoms with Gasteiger partial charge in [0.2, 0.25) is 5.91 Å². The lowest BCUT2D eigenvalue weighted by Crippen LogP contribution is -2.58. The van der Waals surface area contributed by atoms with Crippen LogP contribution in [0.1, 0.15) is 61.7 Å². The van der Waals surface area contributed by atoms with Gasteiger partial charge < -0.3 is 10.6 Å². The molecule has 1 aliphatic carbocycles. The predicted octanol–water partition coefficient (Wildman–Crippen LogP) is 3.37. The van der Waals surface area contributed by atoms with E-state index in [1.165, 1.54) is 38.5 Å². The number of amides is 2. The molecule has 5 nitrogen and oxygen atoms in total. The van der Waals surface area contributed by atoms with Gasteiger partial charge in [-0.15, -0.1) is 0 Å². The number of likely N-dealkylation sites (tertiary alicyclic amines) is 1. The van der Waals surface area contributed by atoms with Gasteiger partial charge in [0.05, 0.1) is 17.1 Å². The van der Waals surface area contributed by atoms with E-state index in [-0.39, 0.29) is 23.9 Å². The topological polar surface area (TPSA) is 61.4 Å². The van der Waals surface area contributed by atoms with Crippen LogP contribution in [-0.2, 0) is 4.79 Å². The van der Waals surface area contributed by atoms with Crippen molar-refractivity contribution in [1.29, 1.82) is 0 Å². The first-order valence-corrected chi connectivity index (χ1v) is 10.5. The molecule has 3 rings (SSSR count). The van der Waals surface area contributed by atoms with Crippen LogP contribution < -0.4 is 10.6 Å². The maximum Gasteiger partial charge on any atom is 0.253 e. The second-order valence-corrected chi connectivity index (χ2v) is 8.18. The molecule has 1 aromatic carbocycles. The third-order valence-electron chi connectivity index (χ3n) is 5.95. The highest BCUT2D eigenvalue weighted by molar-refractivity contribution is 6.33. The zero-order valence-corrected chi connectivity index (χ0v) is 16.7. The molecule has 0 radical (unpaired) electrons. The van der Waals surface area contributed by atoms with E-state index in [0.29, 0.717) is 17.1 Å². The molecule has 1 aromatic rings. The molecule has 0 spiro atoms. The van der Waals surface area contributed by atoms with Crippen LogP contribution in [0.15, 0.2) is 24.3 Å². The van der Waals surface area contributed by atoms with E-state index in [4.69, 9.17) is 11.6 Å². The number of hydrogen-bond acceptors (Lipinski definition) is 3. The molecule has 1 aliphatic heterocycles. The normalized spacial score (nSPS) is 20.0. The number of nitrogens with one attached hydrogen (secondary N) is 2. The summed E-state index contributed by atoms with van der Waals surface area (Å²) in [6.45, 7) is 2.92. The number of piperidine rings is 1. The number of hydrogen-bond donors (Lipinski definition) is 2. The Morgan fingerprint density at radius 1 is 0.963 bits per heavy atom. The fourth-order valence-corrected chi connectivity index (χ4v) is 4.63. The molecule has 0 bridgehead atoms. The third kappa shape index (κ3) is 5.23. The number of halogens is 1. The van der Waals surface area contributed by atoms with Crippen LogP contribution in [0.2, 0.25) is 5.02 Å². The summed E-state index contributed by atoms with van der Waals surface area (Å²) in [4.78, 5) is 27.2. The van der Waals surface area contributed by atoms with Crippen molar-refractivity contribution in [2.45, 2.75) is 56.9 Å². The van der Waals surface area contributed by atoms with E-state index in [2.05, 4.69) is 15.5 Å². The van der Waals surface area contributed by atoms with Crippen LogP contribution in [-0.4, -0.2) is 48.4 Å². The Kier molecular flexibility index (Phi) is 7.13. The first kappa shape index (κ1) is 20.2. The number of rotatable bonds is 6. The summed E-state index contributed by atoms with van der Waals surface area (Å²) in [5.74, 6) is -0.462. The van der Waals surface area contributed by atoms with Crippen LogP contribution >= 0.6 is 11.6 Å². The van der Waals surface area contributed by atoms with Crippen LogP contribution in [0.5, 0.6) is 0 Å². The van der Waals surface area contributed by atoms with Gasteiger partial charge in [-0.1, -0.05) is 49.4 Å². The monoisotopic (exact) mass is 391 g/mol. The van der Waals surface area contributed by atoms with E-state index in [9.17, 15) is 9.59 Å². The highest BCUT2D eigenvalue weighted by Gasteiger charge is 2.38. The minimum Gasteiger partial charge on any atom is -0.353 e. The Balaban J connectivity index is 1.52. The molecule has 1 saturated carbocycles. The predicted molar refractivity (Wildman–Crippen MR) is 108 cm³/mol. The van der Waals surface area contributed by atoms with Gasteiger partial charge in [-0.3, -0.25) is 14.5 Å². The molecule has 0 aromatic heterocycles. The maximum atomic E-state index is 12.4. The van der Waals surface area contributed by atoms with Crippen molar-refractivity contribution in [3.63, 3.8) is 0 Å². The Bertz CT molecular complexity index is 653. The van der Waals surface area contributed by atoms with Gasteiger partial charge in [-0.25, -0.2) is 0 Å². The second kappa shape index (κ2) is 9.56. The van der Waals surface area contributed by atoms with Crippen LogP contribution in [0.4, 0.5) is 0 Å². The van der Waals surface area contributed by atoms with E-state index in [1.54, 1.807) is 24.3 Å². The zero-order valence-electron chi connectivity index (χ0n) is 15.9. The summed E-state index contributed by atoms with van der Waals surface area (Å²) in [5, 5.41) is 6.14. The van der Waals surface area contributed by atoms with Gasteiger partial charge >= 0.3 is 0 Å². The minimum absolute atomic E-state index is 0.0276. The summed E-state index contributed by atoms with van der Waals surface area (Å²) in [6, 6.07) is 6.85. The number of carbonyl (C=O) groups excluding carboxylic acids is 2. The highest BCUT2D eigenvalue weighted by atomic mass is 35.5. The molecule has 1 heterocycles. The van der Waals surface area contributed by atoms with Gasteiger partial charge in [0.25, 0.3) is 5.91 Å². The van der Waals surface area contributed by atoms with E-state index >= 15 is 0 Å². The molecule has 27 heavy (non-hydrogen) atoms. The van der Waals surface area contributed by atoms with Crippen molar-refractivity contribution in [3.05, 3.63) is 34.9 Å². The molecule has 6 heteroatoms. The Hall–Kier alpha value is -1.59. The van der Waals surface area contributed by atoms with Crippen LogP contribution in [0, 0.1) is 0 Å². The van der Waals surface area contributed by atoms with Crippen molar-refractivity contribution in [2.75, 3.05) is 26.2 Å². The average molecular weight is 392 g/mol. The lowest BCUT2D eigenvalue weighted by atomic mass is 9.79. The summed E-state index contributed by atoms with van der Waals surface area (Å²) < 4.78 is 0. The van der Waals surface area contributed by atoms with Crippen LogP contribution in [0.3, 0.4) is 0 Å². The molecule has 1 saturated heterocycles. The quantitative estimate of drug-likeness (QED) is 0.781. The van der Waals surface area contributed by atoms with Crippen LogP contribution in [0.25, 0.3) is 0 Å². The summed E-state index contributed by atoms with van der Waals surface area (Å²) in [5.41, 5.74) is 0.491. The standard InChI is InChI=1S/C21H30ClN3O2/c22-18-10-4-3-9-17(18)20(27)23-15-19(26)24-16-21(11-5-1-6-12-21)25-13-7-2-8-14-25/h3-4,9-10H,1-2,5-8,11-16H2,(H,23,27)(H,24,26). The molecule has 2 amide bonds. The molecular formula is C21H30ClN3O2. The molecule has 2 aliphatic rings. The minimum atomic E-state index is -0.320. The maximum absolute atomic E-state index is 12.4. The van der Waals surface area contributed by atoms with Crippen molar-refractivity contribution < 1.29 is 9.59 Å². The van der Waals surface area contributed by atoms with Gasteiger partial charge in [0.1, 0.15) is 0 Å². The molecule has 2 N–H and O–H groups in total. The Labute approximate surface area is 166 Å². The van der Waals surface area contributed by atoms with Crippen molar-refractivity contribution in [1.82, 2.24) is 15.5 Å². The van der Waals surface area contributed by atoms with Gasteiger partial charge in [-0.2, -0.15) is 0 Å². The van der Waals surface area contributed by atoms with E-state index in [1.807, 2.05) is 0 Å². The fraction of sp³-hybridized carbons (Fsp3) is 0.619. The fourth-order valence-electron chi connectivity index (χ4n) is 4.41. The molecule has 0 unspecified atom stereocenters. The number of carbonyl (C=O) groups is 2. The smallest absolute Gasteiger partial charge is 0.253 e. The lowest BCUT2D eigenvalue weighted by Gasteiger charge is -2.48. The number of nitrogens with zero attached hydrogens (tertiary/aromatic N) is 1. The highest BCUT2D eigenvalue weighted by Crippen LogP contribution is 2.35. The van der Waals surface area contributed by atoms with Gasteiger partial charge in [0.15, 0.2) is 0 Å². The second-order valence-electron chi connectivity index (χ2n) is 7.77. The summed E-state index contributed by atoms with van der Waals surface area (Å²) in [7, 11) is 0. The Morgan fingerprint density at radius 3 is 2.33 bits per heavy atom. The lowest BCUT2D eigenvalue weighted by molar-refractivity contribution is -0.121. The molecule has 2 fully saturated rings. The summed E-state index contributed by atoms with van der Waals surface area (Å²) >= 11 is 6.03. The third-order valence-corrected chi connectivity index (χ3v) is 6.28. The molecule has 148 valence electrons. The molecular weight excluding hydrogens is 362 g/mol. The van der Waals surface area contributed by atoms with E-state index < -0.39 is 0 Å². The van der Waals surface area contributed by atoms with E-state index in [0.717, 1.165) is 25.9 Å². The van der Waals surface area contributed by atoms with Gasteiger partial charge in [0, 0.05) is 12.1 Å². The Morgan fingerprint density at radius 2 is 1.63 bits per heavy atom. The van der Waals surface area contributed by atoms with Crippen molar-refractivity contribution in [2.24, 2.45) is 0 Å². The SMILES string of the molecule is O=C(CNC(=O)c1ccccc1Cl)NCC1(N2CCCCC2)CCCCC1.